The van der Waals surface area contributed by atoms with Crippen molar-refractivity contribution >= 4 is 0 Å². The summed E-state index contributed by atoms with van der Waals surface area (Å²) in [5.74, 6) is 0. The maximum absolute atomic E-state index is 0. The molecule has 0 spiro atoms. The monoisotopic (exact) mass is 448 g/mol. The molecule has 0 N–H and O–H groups in total. The van der Waals surface area contributed by atoms with Gasteiger partial charge in [0.2, 0.25) is 0 Å². The van der Waals surface area contributed by atoms with Crippen molar-refractivity contribution in [1.29, 1.82) is 0 Å². The van der Waals surface area contributed by atoms with Crippen molar-refractivity contribution in [2.45, 2.75) is 0 Å². The molecule has 0 aromatic carbocycles. The topological polar surface area (TPSA) is 0 Å². The molecule has 30 valence electrons. The van der Waals surface area contributed by atoms with Crippen LogP contribution in [0.5, 0.6) is 0 Å². The van der Waals surface area contributed by atoms with Crippen LogP contribution in [0.1, 0.15) is 0 Å². The summed E-state index contributed by atoms with van der Waals surface area (Å²) in [4.78, 5) is 0. The summed E-state index contributed by atoms with van der Waals surface area (Å²) < 4.78 is 0. The Labute approximate surface area is 92.1 Å². The molecule has 0 heterocycles. The maximum Gasteiger partial charge on any atom is 0 e. The third-order valence-electron chi connectivity index (χ3n) is 0. The van der Waals surface area contributed by atoms with Crippen molar-refractivity contribution in [2.75, 3.05) is 0 Å². The molecule has 0 fully saturated rings. The van der Waals surface area contributed by atoms with Gasteiger partial charge >= 0.3 is 0 Å². The molecule has 0 aromatic rings. The van der Waals surface area contributed by atoms with E-state index in [1.807, 2.05) is 0 Å². The number of hydrogen-bond acceptors (Lipinski definition) is 0. The summed E-state index contributed by atoms with van der Waals surface area (Å²) in [6.45, 7) is 0. The SMILES string of the molecule is [La].[Rh].[Rh].[Rh]. The Bertz CT molecular complexity index is 3.25. The van der Waals surface area contributed by atoms with Gasteiger partial charge in [-0.1, -0.05) is 0 Å². The summed E-state index contributed by atoms with van der Waals surface area (Å²) in [7, 11) is 0. The van der Waals surface area contributed by atoms with Crippen LogP contribution in [0.4, 0.5) is 0 Å². The molecule has 4 heteroatoms. The van der Waals surface area contributed by atoms with Gasteiger partial charge < -0.3 is 0 Å². The average molecular weight is 448 g/mol. The predicted molar refractivity (Wildman–Crippen MR) is 0 cm³/mol. The van der Waals surface area contributed by atoms with Gasteiger partial charge in [-0.25, -0.2) is 0 Å². The quantitative estimate of drug-likeness (QED) is 0.459. The summed E-state index contributed by atoms with van der Waals surface area (Å²) in [5.41, 5.74) is 0. The van der Waals surface area contributed by atoms with Crippen LogP contribution in [0.25, 0.3) is 0 Å². The van der Waals surface area contributed by atoms with Crippen LogP contribution in [0, 0.1) is 35.6 Å². The fourth-order valence-corrected chi connectivity index (χ4v) is 0. The molecule has 0 aliphatic carbocycles. The Morgan fingerprint density at radius 2 is 0.500 bits per heavy atom. The second-order valence-corrected chi connectivity index (χ2v) is 0. The van der Waals surface area contributed by atoms with E-state index in [2.05, 4.69) is 0 Å². The van der Waals surface area contributed by atoms with Crippen LogP contribution in [-0.2, 0) is 58.4 Å². The molecule has 0 bridgehead atoms. The van der Waals surface area contributed by atoms with E-state index in [0.29, 0.717) is 0 Å². The van der Waals surface area contributed by atoms with Crippen molar-refractivity contribution in [1.82, 2.24) is 0 Å². The molecule has 4 heavy (non-hydrogen) atoms. The van der Waals surface area contributed by atoms with Crippen molar-refractivity contribution in [3.63, 3.8) is 0 Å². The van der Waals surface area contributed by atoms with E-state index in [1.165, 1.54) is 0 Å². The summed E-state index contributed by atoms with van der Waals surface area (Å²) in [6, 6.07) is 0. The number of hydrogen-bond donors (Lipinski definition) is 0. The first kappa shape index (κ1) is 27.7. The van der Waals surface area contributed by atoms with Crippen molar-refractivity contribution in [3.05, 3.63) is 0 Å². The summed E-state index contributed by atoms with van der Waals surface area (Å²) in [5, 5.41) is 0. The van der Waals surface area contributed by atoms with E-state index >= 15 is 0 Å². The Morgan fingerprint density at radius 1 is 0.500 bits per heavy atom. The third kappa shape index (κ3) is 8.91. The van der Waals surface area contributed by atoms with Gasteiger partial charge in [0, 0.05) is 94.0 Å². The Kier molecular flexibility index (Phi) is 115. The van der Waals surface area contributed by atoms with E-state index < -0.39 is 0 Å². The standard InChI is InChI=1S/La.3Rh. The summed E-state index contributed by atoms with van der Waals surface area (Å²) >= 11 is 0. The molecule has 0 saturated heterocycles. The zero-order valence-electron chi connectivity index (χ0n) is 1.58. The zero-order valence-corrected chi connectivity index (χ0v) is 10.1. The predicted octanol–water partition coefficient (Wildman–Crippen LogP) is -0.00750. The summed E-state index contributed by atoms with van der Waals surface area (Å²) in [6.07, 6.45) is 0. The minimum absolute atomic E-state index is 0. The van der Waals surface area contributed by atoms with Gasteiger partial charge in [0.15, 0.2) is 0 Å². The van der Waals surface area contributed by atoms with Crippen LogP contribution in [-0.4, -0.2) is 0 Å². The molecular weight excluding hydrogens is 448 g/mol. The van der Waals surface area contributed by atoms with Gasteiger partial charge in [0.1, 0.15) is 0 Å². The molecule has 0 rings (SSSR count). The van der Waals surface area contributed by atoms with Crippen LogP contribution in [0.3, 0.4) is 0 Å². The second kappa shape index (κ2) is 16.6. The van der Waals surface area contributed by atoms with Gasteiger partial charge in [0.25, 0.3) is 0 Å². The van der Waals surface area contributed by atoms with E-state index in [4.69, 9.17) is 0 Å². The molecule has 0 unspecified atom stereocenters. The largest absolute Gasteiger partial charge is 0 e. The van der Waals surface area contributed by atoms with Gasteiger partial charge in [-0.2, -0.15) is 0 Å². The van der Waals surface area contributed by atoms with Crippen molar-refractivity contribution in [2.24, 2.45) is 0 Å². The third-order valence-corrected chi connectivity index (χ3v) is 0. The maximum atomic E-state index is 0. The van der Waals surface area contributed by atoms with Crippen molar-refractivity contribution < 1.29 is 94.0 Å². The molecule has 0 saturated carbocycles. The molecule has 0 nitrogen and oxygen atoms in total. The van der Waals surface area contributed by atoms with Crippen LogP contribution < -0.4 is 0 Å². The zero-order chi connectivity index (χ0) is 0. The molecular formula is LaRh3. The molecule has 0 aromatic heterocycles. The van der Waals surface area contributed by atoms with E-state index in [9.17, 15) is 0 Å². The van der Waals surface area contributed by atoms with E-state index in [-0.39, 0.29) is 94.0 Å². The minimum Gasteiger partial charge on any atom is 0 e. The number of rotatable bonds is 0. The first-order chi connectivity index (χ1) is 0. The van der Waals surface area contributed by atoms with E-state index in [0.717, 1.165) is 0 Å². The first-order valence-corrected chi connectivity index (χ1v) is 0. The minimum atomic E-state index is 0. The normalized spacial score (nSPS) is 0. The molecule has 0 amide bonds. The Balaban J connectivity index is 0. The molecule has 4 radical (unpaired) electrons. The van der Waals surface area contributed by atoms with Crippen LogP contribution in [0.2, 0.25) is 0 Å². The Hall–Kier alpha value is 3.06. The van der Waals surface area contributed by atoms with Gasteiger partial charge in [-0.15, -0.1) is 0 Å². The second-order valence-electron chi connectivity index (χ2n) is 0. The van der Waals surface area contributed by atoms with Gasteiger partial charge in [-0.05, 0) is 0 Å². The molecule has 0 atom stereocenters. The smallest absolute Gasteiger partial charge is 0 e. The molecule has 0 aliphatic heterocycles. The van der Waals surface area contributed by atoms with Crippen LogP contribution in [0.15, 0.2) is 0 Å². The fourth-order valence-electron chi connectivity index (χ4n) is 0. The van der Waals surface area contributed by atoms with E-state index in [1.54, 1.807) is 0 Å². The Morgan fingerprint density at radius 3 is 0.500 bits per heavy atom. The fraction of sp³-hybridized carbons (Fsp3) is 0. The van der Waals surface area contributed by atoms with Gasteiger partial charge in [0.05, 0.1) is 0 Å². The first-order valence-electron chi connectivity index (χ1n) is 0. The van der Waals surface area contributed by atoms with Crippen LogP contribution >= 0.6 is 0 Å². The average Bonchev–Trinajstić information content (AvgIpc) is 0. The van der Waals surface area contributed by atoms with Crippen molar-refractivity contribution in [3.8, 4) is 0 Å². The molecule has 0 aliphatic rings. The van der Waals surface area contributed by atoms with Gasteiger partial charge in [-0.3, -0.25) is 0 Å².